The second-order valence-electron chi connectivity index (χ2n) is 5.01. The Balaban J connectivity index is 0.00000139. The van der Waals surface area contributed by atoms with Crippen LogP contribution in [0.4, 0.5) is 14.5 Å². The molecule has 7 heteroatoms. The molecular weight excluding hydrogens is 318 g/mol. The molecule has 0 atom stereocenters. The fourth-order valence-corrected chi connectivity index (χ4v) is 2.56. The van der Waals surface area contributed by atoms with Gasteiger partial charge in [-0.25, -0.2) is 8.78 Å². The number of alkyl halides is 2. The number of benzene rings is 1. The summed E-state index contributed by atoms with van der Waals surface area (Å²) in [4.78, 5) is 25.0. The highest BCUT2D eigenvalue weighted by Crippen LogP contribution is 2.33. The molecule has 2 N–H and O–H groups in total. The quantitative estimate of drug-likeness (QED) is 0.672. The van der Waals surface area contributed by atoms with Gasteiger partial charge in [-0.05, 0) is 25.1 Å². The lowest BCUT2D eigenvalue weighted by Crippen LogP contribution is -2.56. The Hall–Kier alpha value is -2.30. The number of carbonyl (C=O) groups excluding carboxylic acids is 2. The highest BCUT2D eigenvalue weighted by molar-refractivity contribution is 6.09. The maximum atomic E-state index is 12.9. The number of terminal acetylenes is 1. The Labute approximate surface area is 139 Å². The molecule has 130 valence electrons. The zero-order valence-electron chi connectivity index (χ0n) is 13.4. The second kappa shape index (κ2) is 9.11. The van der Waals surface area contributed by atoms with Gasteiger partial charge < -0.3 is 15.3 Å². The highest BCUT2D eigenvalue weighted by atomic mass is 19.3. The van der Waals surface area contributed by atoms with E-state index >= 15 is 0 Å². The third-order valence-corrected chi connectivity index (χ3v) is 3.73. The highest BCUT2D eigenvalue weighted by Gasteiger charge is 2.42. The lowest BCUT2D eigenvalue weighted by atomic mass is 9.88. The topological polar surface area (TPSA) is 72.6 Å². The molecule has 24 heavy (non-hydrogen) atoms. The SMILES string of the molecule is C#CC(=O)N(c1cccc(C(F)F)c1)C1(C=O)CCOCC1.CN. The molecule has 2 rings (SSSR count). The first-order chi connectivity index (χ1) is 11.5. The molecule has 1 aliphatic rings. The summed E-state index contributed by atoms with van der Waals surface area (Å²) in [6, 6.07) is 5.33. The zero-order chi connectivity index (χ0) is 18.2. The zero-order valence-corrected chi connectivity index (χ0v) is 13.4. The molecule has 0 unspecified atom stereocenters. The first-order valence-corrected chi connectivity index (χ1v) is 7.35. The predicted octanol–water partition coefficient (Wildman–Crippen LogP) is 1.91. The number of rotatable bonds is 4. The van der Waals surface area contributed by atoms with E-state index in [-0.39, 0.29) is 24.1 Å². The minimum absolute atomic E-state index is 0.190. The number of halogens is 2. The van der Waals surface area contributed by atoms with Gasteiger partial charge in [0.15, 0.2) is 0 Å². The number of nitrogens with two attached hydrogens (primary N) is 1. The molecule has 1 saturated heterocycles. The summed E-state index contributed by atoms with van der Waals surface area (Å²) in [5.74, 6) is 1.23. The first kappa shape index (κ1) is 19.7. The van der Waals surface area contributed by atoms with Crippen molar-refractivity contribution in [2.75, 3.05) is 25.2 Å². The Morgan fingerprint density at radius 2 is 2.04 bits per heavy atom. The van der Waals surface area contributed by atoms with Crippen molar-refractivity contribution in [2.24, 2.45) is 5.73 Å². The average molecular weight is 338 g/mol. The van der Waals surface area contributed by atoms with Crippen LogP contribution in [0.3, 0.4) is 0 Å². The molecule has 0 saturated carbocycles. The molecule has 1 amide bonds. The monoisotopic (exact) mass is 338 g/mol. The summed E-state index contributed by atoms with van der Waals surface area (Å²) in [6.45, 7) is 0.587. The van der Waals surface area contributed by atoms with E-state index in [2.05, 4.69) is 5.73 Å². The van der Waals surface area contributed by atoms with Gasteiger partial charge in [0.05, 0.1) is 0 Å². The third-order valence-electron chi connectivity index (χ3n) is 3.73. The molecule has 0 spiro atoms. The van der Waals surface area contributed by atoms with Gasteiger partial charge in [-0.1, -0.05) is 12.1 Å². The fourth-order valence-electron chi connectivity index (χ4n) is 2.56. The van der Waals surface area contributed by atoms with Crippen LogP contribution in [0.15, 0.2) is 24.3 Å². The Bertz CT molecular complexity index is 608. The summed E-state index contributed by atoms with van der Waals surface area (Å²) in [6.07, 6.45) is 3.70. The van der Waals surface area contributed by atoms with Crippen LogP contribution in [-0.2, 0) is 14.3 Å². The lowest BCUT2D eigenvalue weighted by Gasteiger charge is -2.41. The molecular formula is C17H20F2N2O3. The summed E-state index contributed by atoms with van der Waals surface area (Å²) in [7, 11) is 1.50. The summed E-state index contributed by atoms with van der Waals surface area (Å²) < 4.78 is 31.0. The second-order valence-corrected chi connectivity index (χ2v) is 5.01. The van der Waals surface area contributed by atoms with Gasteiger partial charge in [-0.3, -0.25) is 9.69 Å². The number of nitrogens with zero attached hydrogens (tertiary/aromatic N) is 1. The van der Waals surface area contributed by atoms with Gasteiger partial charge in [0.1, 0.15) is 11.8 Å². The minimum Gasteiger partial charge on any atom is -0.381 e. The molecule has 1 aliphatic heterocycles. The van der Waals surface area contributed by atoms with Gasteiger partial charge in [-0.15, -0.1) is 6.42 Å². The van der Waals surface area contributed by atoms with Crippen molar-refractivity contribution in [1.82, 2.24) is 0 Å². The van der Waals surface area contributed by atoms with E-state index < -0.39 is 17.9 Å². The number of anilines is 1. The number of ether oxygens (including phenoxy) is 1. The predicted molar refractivity (Wildman–Crippen MR) is 86.7 cm³/mol. The van der Waals surface area contributed by atoms with Crippen molar-refractivity contribution in [2.45, 2.75) is 24.8 Å². The van der Waals surface area contributed by atoms with E-state index in [1.165, 1.54) is 31.3 Å². The van der Waals surface area contributed by atoms with E-state index in [1.54, 1.807) is 0 Å². The standard InChI is InChI=1S/C16H15F2NO3.CH5N/c1-2-14(21)19(16(11-20)6-8-22-9-7-16)13-5-3-4-12(10-13)15(17)18;1-2/h1,3-5,10-11,15H,6-9H2;2H2,1H3. The van der Waals surface area contributed by atoms with Gasteiger partial charge in [-0.2, -0.15) is 0 Å². The molecule has 1 aromatic rings. The van der Waals surface area contributed by atoms with E-state index in [0.717, 1.165) is 4.90 Å². The van der Waals surface area contributed by atoms with Crippen LogP contribution >= 0.6 is 0 Å². The van der Waals surface area contributed by atoms with Crippen molar-refractivity contribution < 1.29 is 23.1 Å². The van der Waals surface area contributed by atoms with Crippen LogP contribution in [0.5, 0.6) is 0 Å². The summed E-state index contributed by atoms with van der Waals surface area (Å²) in [5, 5.41) is 0. The van der Waals surface area contributed by atoms with Crippen molar-refractivity contribution in [3.8, 4) is 12.3 Å². The van der Waals surface area contributed by atoms with Crippen LogP contribution in [0.2, 0.25) is 0 Å². The van der Waals surface area contributed by atoms with Crippen molar-refractivity contribution in [1.29, 1.82) is 0 Å². The van der Waals surface area contributed by atoms with Crippen LogP contribution in [0, 0.1) is 12.3 Å². The lowest BCUT2D eigenvalue weighted by molar-refractivity contribution is -0.122. The number of hydrogen-bond acceptors (Lipinski definition) is 4. The Morgan fingerprint density at radius 1 is 1.42 bits per heavy atom. The molecule has 0 bridgehead atoms. The Morgan fingerprint density at radius 3 is 2.54 bits per heavy atom. The van der Waals surface area contributed by atoms with Crippen LogP contribution in [-0.4, -0.2) is 38.0 Å². The van der Waals surface area contributed by atoms with E-state index in [0.29, 0.717) is 19.5 Å². The van der Waals surface area contributed by atoms with Crippen LogP contribution in [0.25, 0.3) is 0 Å². The first-order valence-electron chi connectivity index (χ1n) is 7.35. The average Bonchev–Trinajstić information content (AvgIpc) is 2.64. The maximum Gasteiger partial charge on any atom is 0.303 e. The molecule has 5 nitrogen and oxygen atoms in total. The summed E-state index contributed by atoms with van der Waals surface area (Å²) >= 11 is 0. The van der Waals surface area contributed by atoms with Gasteiger partial charge in [0.2, 0.25) is 0 Å². The van der Waals surface area contributed by atoms with Crippen molar-refractivity contribution >= 4 is 17.9 Å². The van der Waals surface area contributed by atoms with Crippen LogP contribution < -0.4 is 10.6 Å². The minimum atomic E-state index is -2.68. The van der Waals surface area contributed by atoms with Gasteiger partial charge in [0.25, 0.3) is 6.43 Å². The van der Waals surface area contributed by atoms with Gasteiger partial charge in [0, 0.05) is 37.3 Å². The van der Waals surface area contributed by atoms with E-state index in [4.69, 9.17) is 11.2 Å². The normalized spacial score (nSPS) is 15.7. The summed E-state index contributed by atoms with van der Waals surface area (Å²) in [5.41, 5.74) is 3.29. The number of amides is 1. The van der Waals surface area contributed by atoms with E-state index in [9.17, 15) is 18.4 Å². The van der Waals surface area contributed by atoms with Crippen molar-refractivity contribution in [3.05, 3.63) is 29.8 Å². The molecule has 0 aromatic heterocycles. The van der Waals surface area contributed by atoms with Crippen LogP contribution in [0.1, 0.15) is 24.8 Å². The maximum absolute atomic E-state index is 12.9. The Kier molecular flexibility index (Phi) is 7.49. The fraction of sp³-hybridized carbons (Fsp3) is 0.412. The smallest absolute Gasteiger partial charge is 0.303 e. The van der Waals surface area contributed by atoms with E-state index in [1.807, 2.05) is 5.92 Å². The molecule has 1 heterocycles. The van der Waals surface area contributed by atoms with Crippen molar-refractivity contribution in [3.63, 3.8) is 0 Å². The largest absolute Gasteiger partial charge is 0.381 e. The molecule has 1 fully saturated rings. The molecule has 0 radical (unpaired) electrons. The number of carbonyl (C=O) groups is 2. The number of aldehydes is 1. The molecule has 0 aliphatic carbocycles. The third kappa shape index (κ3) is 4.16. The number of hydrogen-bond donors (Lipinski definition) is 1. The molecule has 1 aromatic carbocycles. The van der Waals surface area contributed by atoms with Gasteiger partial charge >= 0.3 is 5.91 Å².